The molecule has 2 aromatic carbocycles. The SMILES string of the molecule is O=C(Nc1cccc(OCC2CCCO2)c1)c1cccc2cccnc12. The van der Waals surface area contributed by atoms with Crippen LogP contribution in [0.5, 0.6) is 5.75 Å². The van der Waals surface area contributed by atoms with Crippen LogP contribution in [0.2, 0.25) is 0 Å². The number of carbonyl (C=O) groups excluding carboxylic acids is 1. The van der Waals surface area contributed by atoms with Crippen molar-refractivity contribution in [2.24, 2.45) is 0 Å². The lowest BCUT2D eigenvalue weighted by molar-refractivity contribution is 0.0680. The average molecular weight is 348 g/mol. The first kappa shape index (κ1) is 16.5. The first-order valence-corrected chi connectivity index (χ1v) is 8.79. The summed E-state index contributed by atoms with van der Waals surface area (Å²) in [5, 5.41) is 3.87. The van der Waals surface area contributed by atoms with Gasteiger partial charge in [0.05, 0.1) is 17.2 Å². The molecular formula is C21H20N2O3. The smallest absolute Gasteiger partial charge is 0.257 e. The largest absolute Gasteiger partial charge is 0.491 e. The van der Waals surface area contributed by atoms with Crippen molar-refractivity contribution in [3.05, 3.63) is 66.4 Å². The maximum Gasteiger partial charge on any atom is 0.257 e. The summed E-state index contributed by atoms with van der Waals surface area (Å²) in [4.78, 5) is 17.0. The number of aromatic nitrogens is 1. The van der Waals surface area contributed by atoms with E-state index in [2.05, 4.69) is 10.3 Å². The van der Waals surface area contributed by atoms with Gasteiger partial charge in [0.15, 0.2) is 0 Å². The summed E-state index contributed by atoms with van der Waals surface area (Å²) in [5.74, 6) is 0.528. The van der Waals surface area contributed by atoms with Crippen LogP contribution in [0.4, 0.5) is 5.69 Å². The molecule has 1 aliphatic heterocycles. The van der Waals surface area contributed by atoms with Crippen molar-refractivity contribution in [2.45, 2.75) is 18.9 Å². The van der Waals surface area contributed by atoms with Crippen LogP contribution in [-0.4, -0.2) is 30.2 Å². The van der Waals surface area contributed by atoms with Gasteiger partial charge in [0.1, 0.15) is 12.4 Å². The number of carbonyl (C=O) groups is 1. The van der Waals surface area contributed by atoms with Crippen molar-refractivity contribution in [3.63, 3.8) is 0 Å². The number of pyridine rings is 1. The monoisotopic (exact) mass is 348 g/mol. The maximum atomic E-state index is 12.7. The number of nitrogens with zero attached hydrogens (tertiary/aromatic N) is 1. The van der Waals surface area contributed by atoms with Gasteiger partial charge in [0.25, 0.3) is 5.91 Å². The molecule has 26 heavy (non-hydrogen) atoms. The standard InChI is InChI=1S/C21H20N2O3/c24-21(19-10-1-5-15-6-3-11-22-20(15)19)23-16-7-2-8-17(13-16)26-14-18-9-4-12-25-18/h1-3,5-8,10-11,13,18H,4,9,12,14H2,(H,23,24). The van der Waals surface area contributed by atoms with Gasteiger partial charge >= 0.3 is 0 Å². The van der Waals surface area contributed by atoms with Crippen LogP contribution in [-0.2, 0) is 4.74 Å². The number of fused-ring (bicyclic) bond motifs is 1. The van der Waals surface area contributed by atoms with Crippen LogP contribution in [0.1, 0.15) is 23.2 Å². The second-order valence-electron chi connectivity index (χ2n) is 6.31. The molecule has 1 amide bonds. The quantitative estimate of drug-likeness (QED) is 0.756. The molecule has 1 aliphatic rings. The molecule has 3 aromatic rings. The second-order valence-corrected chi connectivity index (χ2v) is 6.31. The molecule has 1 aromatic heterocycles. The van der Waals surface area contributed by atoms with Crippen LogP contribution in [0.25, 0.3) is 10.9 Å². The Morgan fingerprint density at radius 1 is 1.19 bits per heavy atom. The Morgan fingerprint density at radius 3 is 2.96 bits per heavy atom. The number of nitrogens with one attached hydrogen (secondary N) is 1. The fourth-order valence-electron chi connectivity index (χ4n) is 3.11. The van der Waals surface area contributed by atoms with E-state index in [4.69, 9.17) is 9.47 Å². The van der Waals surface area contributed by atoms with Crippen molar-refractivity contribution in [1.29, 1.82) is 0 Å². The Hall–Kier alpha value is -2.92. The highest BCUT2D eigenvalue weighted by atomic mass is 16.5. The van der Waals surface area contributed by atoms with Gasteiger partial charge in [-0.25, -0.2) is 0 Å². The third kappa shape index (κ3) is 3.68. The minimum absolute atomic E-state index is 0.162. The zero-order valence-corrected chi connectivity index (χ0v) is 14.4. The highest BCUT2D eigenvalue weighted by molar-refractivity contribution is 6.11. The fraction of sp³-hybridized carbons (Fsp3) is 0.238. The molecule has 132 valence electrons. The van der Waals surface area contributed by atoms with Gasteiger partial charge in [0, 0.05) is 29.9 Å². The lowest BCUT2D eigenvalue weighted by Gasteiger charge is -2.13. The van der Waals surface area contributed by atoms with Gasteiger partial charge < -0.3 is 14.8 Å². The van der Waals surface area contributed by atoms with E-state index in [1.807, 2.05) is 48.5 Å². The first-order chi connectivity index (χ1) is 12.8. The van der Waals surface area contributed by atoms with E-state index in [9.17, 15) is 4.79 Å². The van der Waals surface area contributed by atoms with Crippen molar-refractivity contribution in [1.82, 2.24) is 4.98 Å². The van der Waals surface area contributed by atoms with Crippen LogP contribution >= 0.6 is 0 Å². The molecule has 0 aliphatic carbocycles. The van der Waals surface area contributed by atoms with Gasteiger partial charge in [-0.15, -0.1) is 0 Å². The number of hydrogen-bond acceptors (Lipinski definition) is 4. The molecule has 0 radical (unpaired) electrons. The third-order valence-electron chi connectivity index (χ3n) is 4.43. The molecule has 5 heteroatoms. The number of ether oxygens (including phenoxy) is 2. The van der Waals surface area contributed by atoms with Crippen LogP contribution in [0.15, 0.2) is 60.8 Å². The first-order valence-electron chi connectivity index (χ1n) is 8.79. The second kappa shape index (κ2) is 7.54. The summed E-state index contributed by atoms with van der Waals surface area (Å²) in [6, 6.07) is 16.8. The Morgan fingerprint density at radius 2 is 2.08 bits per heavy atom. The molecular weight excluding hydrogens is 328 g/mol. The van der Waals surface area contributed by atoms with Crippen molar-refractivity contribution in [3.8, 4) is 5.75 Å². The van der Waals surface area contributed by atoms with Crippen molar-refractivity contribution >= 4 is 22.5 Å². The molecule has 0 spiro atoms. The Kier molecular flexibility index (Phi) is 4.80. The number of amides is 1. The molecule has 1 atom stereocenters. The number of anilines is 1. The average Bonchev–Trinajstić information content (AvgIpc) is 3.20. The van der Waals surface area contributed by atoms with E-state index < -0.39 is 0 Å². The van der Waals surface area contributed by atoms with Crippen LogP contribution < -0.4 is 10.1 Å². The number of rotatable bonds is 5. The summed E-state index contributed by atoms with van der Waals surface area (Å²) < 4.78 is 11.4. The third-order valence-corrected chi connectivity index (χ3v) is 4.43. The fourth-order valence-corrected chi connectivity index (χ4v) is 3.11. The Balaban J connectivity index is 1.47. The normalized spacial score (nSPS) is 16.5. The van der Waals surface area contributed by atoms with Gasteiger partial charge in [-0.3, -0.25) is 9.78 Å². The minimum Gasteiger partial charge on any atom is -0.491 e. The molecule has 0 saturated carbocycles. The summed E-state index contributed by atoms with van der Waals surface area (Å²) >= 11 is 0. The zero-order valence-electron chi connectivity index (χ0n) is 14.4. The molecule has 1 saturated heterocycles. The molecule has 1 N–H and O–H groups in total. The number of hydrogen-bond donors (Lipinski definition) is 1. The lowest BCUT2D eigenvalue weighted by Crippen LogP contribution is -2.16. The highest BCUT2D eigenvalue weighted by Crippen LogP contribution is 2.22. The summed E-state index contributed by atoms with van der Waals surface area (Å²) in [6.45, 7) is 1.34. The molecule has 0 bridgehead atoms. The van der Waals surface area contributed by atoms with Gasteiger partial charge in [-0.05, 0) is 37.1 Å². The Labute approximate surface area is 152 Å². The maximum absolute atomic E-state index is 12.7. The topological polar surface area (TPSA) is 60.5 Å². The lowest BCUT2D eigenvalue weighted by atomic mass is 10.1. The van der Waals surface area contributed by atoms with Crippen LogP contribution in [0.3, 0.4) is 0 Å². The highest BCUT2D eigenvalue weighted by Gasteiger charge is 2.16. The van der Waals surface area contributed by atoms with Crippen molar-refractivity contribution < 1.29 is 14.3 Å². The van der Waals surface area contributed by atoms with E-state index >= 15 is 0 Å². The van der Waals surface area contributed by atoms with E-state index in [-0.39, 0.29) is 12.0 Å². The van der Waals surface area contributed by atoms with E-state index in [0.29, 0.717) is 29.1 Å². The summed E-state index contributed by atoms with van der Waals surface area (Å²) in [7, 11) is 0. The van der Waals surface area contributed by atoms with Crippen molar-refractivity contribution in [2.75, 3.05) is 18.5 Å². The predicted molar refractivity (Wildman–Crippen MR) is 101 cm³/mol. The van der Waals surface area contributed by atoms with E-state index in [1.165, 1.54) is 0 Å². The molecule has 1 unspecified atom stereocenters. The molecule has 1 fully saturated rings. The van der Waals surface area contributed by atoms with Gasteiger partial charge in [-0.1, -0.05) is 24.3 Å². The van der Waals surface area contributed by atoms with Gasteiger partial charge in [0.2, 0.25) is 0 Å². The zero-order chi connectivity index (χ0) is 17.8. The van der Waals surface area contributed by atoms with E-state index in [0.717, 1.165) is 24.8 Å². The molecule has 4 rings (SSSR count). The summed E-state index contributed by atoms with van der Waals surface area (Å²) in [5.41, 5.74) is 1.93. The predicted octanol–water partition coefficient (Wildman–Crippen LogP) is 4.04. The summed E-state index contributed by atoms with van der Waals surface area (Å²) in [6.07, 6.45) is 3.97. The van der Waals surface area contributed by atoms with Gasteiger partial charge in [-0.2, -0.15) is 0 Å². The minimum atomic E-state index is -0.189. The van der Waals surface area contributed by atoms with E-state index in [1.54, 1.807) is 12.3 Å². The molecule has 5 nitrogen and oxygen atoms in total. The number of para-hydroxylation sites is 1. The Bertz CT molecular complexity index is 915. The number of benzene rings is 2. The van der Waals surface area contributed by atoms with Crippen LogP contribution in [0, 0.1) is 0 Å². The molecule has 2 heterocycles.